The van der Waals surface area contributed by atoms with Crippen LogP contribution in [0.5, 0.6) is 0 Å². The minimum Gasteiger partial charge on any atom is -0.373 e. The van der Waals surface area contributed by atoms with Crippen LogP contribution < -0.4 is 5.32 Å². The maximum atomic E-state index is 13.2. The molecule has 156 valence electrons. The fraction of sp³-hybridized carbons (Fsp3) is 0.381. The van der Waals surface area contributed by atoms with E-state index in [0.717, 1.165) is 17.7 Å². The third-order valence-electron chi connectivity index (χ3n) is 4.72. The Morgan fingerprint density at radius 2 is 1.76 bits per heavy atom. The van der Waals surface area contributed by atoms with Crippen molar-refractivity contribution in [3.8, 4) is 0 Å². The molecule has 3 rings (SSSR count). The Bertz CT molecular complexity index is 851. The molecule has 1 amide bonds. The number of anilines is 1. The predicted octanol–water partition coefficient (Wildman–Crippen LogP) is 5.15. The van der Waals surface area contributed by atoms with Gasteiger partial charge in [-0.2, -0.15) is 13.2 Å². The van der Waals surface area contributed by atoms with Crippen LogP contribution in [0.15, 0.2) is 48.5 Å². The predicted molar refractivity (Wildman–Crippen MR) is 106 cm³/mol. The van der Waals surface area contributed by atoms with Gasteiger partial charge in [0.1, 0.15) is 6.04 Å². The first kappa shape index (κ1) is 21.6. The van der Waals surface area contributed by atoms with Gasteiger partial charge < -0.3 is 10.1 Å². The Labute approximate surface area is 172 Å². The lowest BCUT2D eigenvalue weighted by molar-refractivity contribution is -0.137. The highest BCUT2D eigenvalue weighted by atomic mass is 35.5. The summed E-state index contributed by atoms with van der Waals surface area (Å²) in [7, 11) is 0. The van der Waals surface area contributed by atoms with Crippen LogP contribution in [0.1, 0.15) is 31.0 Å². The summed E-state index contributed by atoms with van der Waals surface area (Å²) in [6, 6.07) is 11.9. The highest BCUT2D eigenvalue weighted by Crippen LogP contribution is 2.36. The van der Waals surface area contributed by atoms with Crippen LogP contribution >= 0.6 is 11.6 Å². The number of rotatable bonds is 4. The molecular weight excluding hydrogens is 405 g/mol. The zero-order valence-electron chi connectivity index (χ0n) is 16.0. The topological polar surface area (TPSA) is 41.6 Å². The highest BCUT2D eigenvalue weighted by molar-refractivity contribution is 6.31. The summed E-state index contributed by atoms with van der Waals surface area (Å²) in [6.45, 7) is 4.92. The first-order chi connectivity index (χ1) is 13.6. The first-order valence-corrected chi connectivity index (χ1v) is 9.65. The van der Waals surface area contributed by atoms with Gasteiger partial charge >= 0.3 is 6.18 Å². The summed E-state index contributed by atoms with van der Waals surface area (Å²) in [6.07, 6.45) is -4.73. The summed E-state index contributed by atoms with van der Waals surface area (Å²) < 4.78 is 45.2. The monoisotopic (exact) mass is 426 g/mol. The zero-order valence-corrected chi connectivity index (χ0v) is 16.8. The summed E-state index contributed by atoms with van der Waals surface area (Å²) >= 11 is 5.67. The maximum absolute atomic E-state index is 13.2. The molecule has 2 aromatic rings. The average Bonchev–Trinajstić information content (AvgIpc) is 2.63. The van der Waals surface area contributed by atoms with Gasteiger partial charge in [0, 0.05) is 18.8 Å². The molecule has 0 aromatic heterocycles. The molecular formula is C21H22ClF3N2O2. The molecule has 4 nitrogen and oxygen atoms in total. The van der Waals surface area contributed by atoms with E-state index >= 15 is 0 Å². The number of carbonyl (C=O) groups excluding carboxylic acids is 1. The molecule has 1 N–H and O–H groups in total. The number of nitrogens with zero attached hydrogens (tertiary/aromatic N) is 1. The van der Waals surface area contributed by atoms with Gasteiger partial charge in [-0.15, -0.1) is 0 Å². The fourth-order valence-corrected chi connectivity index (χ4v) is 3.85. The minimum atomic E-state index is -4.61. The normalized spacial score (nSPS) is 21.6. The highest BCUT2D eigenvalue weighted by Gasteiger charge is 2.35. The SMILES string of the molecule is C[C@@H]1CN([C@@H](C(=O)Nc2ccc(Cl)c(C(F)(F)F)c2)c2ccccc2)C[C@H](C)O1. The Morgan fingerprint density at radius 1 is 1.14 bits per heavy atom. The van der Waals surface area contributed by atoms with E-state index in [2.05, 4.69) is 5.32 Å². The molecule has 0 radical (unpaired) electrons. The molecule has 2 aromatic carbocycles. The zero-order chi connectivity index (χ0) is 21.2. The molecule has 1 aliphatic heterocycles. The summed E-state index contributed by atoms with van der Waals surface area (Å²) in [4.78, 5) is 15.2. The van der Waals surface area contributed by atoms with Crippen molar-refractivity contribution in [2.75, 3.05) is 18.4 Å². The second kappa shape index (κ2) is 8.73. The number of ether oxygens (including phenoxy) is 1. The van der Waals surface area contributed by atoms with Crippen molar-refractivity contribution in [2.24, 2.45) is 0 Å². The van der Waals surface area contributed by atoms with Gasteiger partial charge in [0.15, 0.2) is 0 Å². The number of hydrogen-bond donors (Lipinski definition) is 1. The van der Waals surface area contributed by atoms with Gasteiger partial charge in [-0.25, -0.2) is 0 Å². The molecule has 1 aliphatic rings. The van der Waals surface area contributed by atoms with Gasteiger partial charge in [0.2, 0.25) is 5.91 Å². The smallest absolute Gasteiger partial charge is 0.373 e. The third-order valence-corrected chi connectivity index (χ3v) is 5.05. The summed E-state index contributed by atoms with van der Waals surface area (Å²) in [5.41, 5.74) is -0.180. The largest absolute Gasteiger partial charge is 0.417 e. The summed E-state index contributed by atoms with van der Waals surface area (Å²) in [5.74, 6) is -0.409. The Balaban J connectivity index is 1.90. The Kier molecular flexibility index (Phi) is 6.51. The van der Waals surface area contributed by atoms with E-state index in [4.69, 9.17) is 16.3 Å². The van der Waals surface area contributed by atoms with Gasteiger partial charge in [-0.05, 0) is 37.6 Å². The number of nitrogens with one attached hydrogen (secondary N) is 1. The van der Waals surface area contributed by atoms with E-state index in [9.17, 15) is 18.0 Å². The molecule has 29 heavy (non-hydrogen) atoms. The molecule has 0 bridgehead atoms. The molecule has 8 heteroatoms. The van der Waals surface area contributed by atoms with Gasteiger partial charge in [-0.3, -0.25) is 9.69 Å². The third kappa shape index (κ3) is 5.29. The molecule has 1 saturated heterocycles. The Hall–Kier alpha value is -2.09. The number of benzene rings is 2. The van der Waals surface area contributed by atoms with Crippen LogP contribution in [-0.2, 0) is 15.7 Å². The second-order valence-corrected chi connectivity index (χ2v) is 7.61. The van der Waals surface area contributed by atoms with Crippen LogP contribution in [0, 0.1) is 0 Å². The van der Waals surface area contributed by atoms with Crippen molar-refractivity contribution in [3.05, 3.63) is 64.7 Å². The minimum absolute atomic E-state index is 0.0435. The number of amides is 1. The van der Waals surface area contributed by atoms with Crippen molar-refractivity contribution in [1.82, 2.24) is 4.90 Å². The fourth-order valence-electron chi connectivity index (χ4n) is 3.62. The number of alkyl halides is 3. The molecule has 0 spiro atoms. The molecule has 0 saturated carbocycles. The number of morpholine rings is 1. The van der Waals surface area contributed by atoms with Gasteiger partial charge in [-0.1, -0.05) is 41.9 Å². The van der Waals surface area contributed by atoms with Crippen molar-refractivity contribution < 1.29 is 22.7 Å². The number of halogens is 4. The van der Waals surface area contributed by atoms with Crippen LogP contribution in [0.3, 0.4) is 0 Å². The van der Waals surface area contributed by atoms with Crippen molar-refractivity contribution in [3.63, 3.8) is 0 Å². The molecule has 1 heterocycles. The summed E-state index contributed by atoms with van der Waals surface area (Å²) in [5, 5.41) is 2.22. The van der Waals surface area contributed by atoms with Gasteiger partial charge in [0.25, 0.3) is 0 Å². The van der Waals surface area contributed by atoms with Crippen molar-refractivity contribution in [2.45, 2.75) is 38.3 Å². The lowest BCUT2D eigenvalue weighted by atomic mass is 10.0. The lowest BCUT2D eigenvalue weighted by Gasteiger charge is -2.39. The second-order valence-electron chi connectivity index (χ2n) is 7.21. The number of hydrogen-bond acceptors (Lipinski definition) is 3. The quantitative estimate of drug-likeness (QED) is 0.735. The van der Waals surface area contributed by atoms with Crippen molar-refractivity contribution >= 4 is 23.2 Å². The lowest BCUT2D eigenvalue weighted by Crippen LogP contribution is -2.49. The van der Waals surface area contributed by atoms with E-state index < -0.39 is 28.7 Å². The van der Waals surface area contributed by atoms with E-state index in [-0.39, 0.29) is 17.9 Å². The molecule has 0 unspecified atom stereocenters. The van der Waals surface area contributed by atoms with Gasteiger partial charge in [0.05, 0.1) is 22.8 Å². The Morgan fingerprint density at radius 3 is 2.34 bits per heavy atom. The molecule has 1 fully saturated rings. The van der Waals surface area contributed by atoms with E-state index in [1.807, 2.05) is 49.1 Å². The van der Waals surface area contributed by atoms with E-state index in [1.165, 1.54) is 6.07 Å². The van der Waals surface area contributed by atoms with Crippen LogP contribution in [0.4, 0.5) is 18.9 Å². The number of carbonyl (C=O) groups is 1. The van der Waals surface area contributed by atoms with Crippen LogP contribution in [-0.4, -0.2) is 36.1 Å². The first-order valence-electron chi connectivity index (χ1n) is 9.27. The maximum Gasteiger partial charge on any atom is 0.417 e. The standard InChI is InChI=1S/C21H22ClF3N2O2/c1-13-11-27(12-14(2)29-13)19(15-6-4-3-5-7-15)20(28)26-16-8-9-18(22)17(10-16)21(23,24)25/h3-10,13-14,19H,11-12H2,1-2H3,(H,26,28)/t13-,14+,19-/m1/s1. The average molecular weight is 427 g/mol. The van der Waals surface area contributed by atoms with Crippen LogP contribution in [0.2, 0.25) is 5.02 Å². The van der Waals surface area contributed by atoms with E-state index in [0.29, 0.717) is 13.1 Å². The van der Waals surface area contributed by atoms with Crippen molar-refractivity contribution in [1.29, 1.82) is 0 Å². The van der Waals surface area contributed by atoms with E-state index in [1.54, 1.807) is 0 Å². The van der Waals surface area contributed by atoms with Crippen LogP contribution in [0.25, 0.3) is 0 Å². The molecule has 3 atom stereocenters. The molecule has 0 aliphatic carbocycles.